The highest BCUT2D eigenvalue weighted by Gasteiger charge is 2.15. The normalized spacial score (nSPS) is 10.3. The van der Waals surface area contributed by atoms with Gasteiger partial charge < -0.3 is 4.74 Å². The number of hydrogen-bond acceptors (Lipinski definition) is 4. The molecule has 0 aliphatic rings. The number of thioether (sulfide) groups is 1. The van der Waals surface area contributed by atoms with Gasteiger partial charge in [-0.15, -0.1) is 0 Å². The highest BCUT2D eigenvalue weighted by Crippen LogP contribution is 2.37. The standard InChI is InChI=1S/C16H14O3S/c1-10(2)16(18)19-15-13-7-5-4-6-12(13)8-9-14(15)20-11(3)17/h4-9H,1H2,2-3H3. The summed E-state index contributed by atoms with van der Waals surface area (Å²) in [6.45, 7) is 6.64. The van der Waals surface area contributed by atoms with Crippen LogP contribution in [0.4, 0.5) is 0 Å². The highest BCUT2D eigenvalue weighted by molar-refractivity contribution is 8.13. The lowest BCUT2D eigenvalue weighted by atomic mass is 10.1. The lowest BCUT2D eigenvalue weighted by molar-refractivity contribution is -0.130. The molecule has 4 heteroatoms. The summed E-state index contributed by atoms with van der Waals surface area (Å²) < 4.78 is 5.41. The first-order valence-electron chi connectivity index (χ1n) is 6.07. The van der Waals surface area contributed by atoms with Crippen LogP contribution in [0.1, 0.15) is 13.8 Å². The second-order valence-corrected chi connectivity index (χ2v) is 5.60. The summed E-state index contributed by atoms with van der Waals surface area (Å²) in [5, 5.41) is 1.69. The van der Waals surface area contributed by atoms with E-state index >= 15 is 0 Å². The van der Waals surface area contributed by atoms with Crippen LogP contribution in [0.3, 0.4) is 0 Å². The Morgan fingerprint density at radius 2 is 1.80 bits per heavy atom. The SMILES string of the molecule is C=C(C)C(=O)Oc1c(SC(C)=O)ccc2ccccc12. The predicted octanol–water partition coefficient (Wildman–Crippen LogP) is 3.96. The summed E-state index contributed by atoms with van der Waals surface area (Å²) in [4.78, 5) is 23.7. The Hall–Kier alpha value is -2.07. The van der Waals surface area contributed by atoms with Crippen LogP contribution in [0, 0.1) is 0 Å². The van der Waals surface area contributed by atoms with Crippen molar-refractivity contribution in [2.45, 2.75) is 18.7 Å². The first-order chi connectivity index (χ1) is 9.49. The lowest BCUT2D eigenvalue weighted by Gasteiger charge is -2.12. The van der Waals surface area contributed by atoms with Crippen LogP contribution >= 0.6 is 11.8 Å². The first kappa shape index (κ1) is 14.3. The molecule has 0 amide bonds. The summed E-state index contributed by atoms with van der Waals surface area (Å²) in [5.41, 5.74) is 0.316. The topological polar surface area (TPSA) is 43.4 Å². The summed E-state index contributed by atoms with van der Waals surface area (Å²) in [6.07, 6.45) is 0. The molecule has 20 heavy (non-hydrogen) atoms. The molecule has 0 fully saturated rings. The zero-order chi connectivity index (χ0) is 14.7. The molecule has 0 bridgehead atoms. The van der Waals surface area contributed by atoms with E-state index in [1.54, 1.807) is 13.0 Å². The number of carbonyl (C=O) groups is 2. The molecule has 0 aliphatic heterocycles. The summed E-state index contributed by atoms with van der Waals surface area (Å²) in [5.74, 6) is -0.0805. The van der Waals surface area contributed by atoms with Gasteiger partial charge in [0, 0.05) is 17.9 Å². The maximum absolute atomic E-state index is 11.8. The third kappa shape index (κ3) is 3.08. The van der Waals surface area contributed by atoms with Gasteiger partial charge in [-0.05, 0) is 30.1 Å². The Morgan fingerprint density at radius 3 is 2.45 bits per heavy atom. The van der Waals surface area contributed by atoms with Gasteiger partial charge in [0.1, 0.15) is 0 Å². The molecule has 102 valence electrons. The molecular formula is C16H14O3S. The largest absolute Gasteiger partial charge is 0.421 e. The third-order valence-electron chi connectivity index (χ3n) is 2.64. The minimum absolute atomic E-state index is 0.0621. The highest BCUT2D eigenvalue weighted by atomic mass is 32.2. The molecule has 3 nitrogen and oxygen atoms in total. The first-order valence-corrected chi connectivity index (χ1v) is 6.88. The average molecular weight is 286 g/mol. The van der Waals surface area contributed by atoms with Gasteiger partial charge in [0.2, 0.25) is 0 Å². The smallest absolute Gasteiger partial charge is 0.338 e. The summed E-state index contributed by atoms with van der Waals surface area (Å²) in [7, 11) is 0. The molecule has 0 heterocycles. The Morgan fingerprint density at radius 1 is 1.10 bits per heavy atom. The number of benzene rings is 2. The third-order valence-corrected chi connectivity index (χ3v) is 3.47. The molecule has 0 aliphatic carbocycles. The average Bonchev–Trinajstić information content (AvgIpc) is 2.40. The molecule has 0 unspecified atom stereocenters. The van der Waals surface area contributed by atoms with Crippen LogP contribution < -0.4 is 4.74 Å². The molecule has 0 saturated heterocycles. The van der Waals surface area contributed by atoms with Gasteiger partial charge in [-0.1, -0.05) is 36.9 Å². The van der Waals surface area contributed by atoms with Gasteiger partial charge in [-0.25, -0.2) is 4.79 Å². The molecule has 0 aromatic heterocycles. The predicted molar refractivity (Wildman–Crippen MR) is 80.9 cm³/mol. The molecule has 2 rings (SSSR count). The fourth-order valence-electron chi connectivity index (χ4n) is 1.74. The molecule has 0 spiro atoms. The van der Waals surface area contributed by atoms with Gasteiger partial charge in [0.15, 0.2) is 10.9 Å². The molecule has 0 atom stereocenters. The second-order valence-electron chi connectivity index (χ2n) is 4.38. The lowest BCUT2D eigenvalue weighted by Crippen LogP contribution is -2.09. The van der Waals surface area contributed by atoms with Crippen LogP contribution in [-0.2, 0) is 9.59 Å². The zero-order valence-corrected chi connectivity index (χ0v) is 12.1. The van der Waals surface area contributed by atoms with Crippen molar-refractivity contribution >= 4 is 33.6 Å². The van der Waals surface area contributed by atoms with Crippen molar-refractivity contribution in [2.75, 3.05) is 0 Å². The van der Waals surface area contributed by atoms with Crippen molar-refractivity contribution < 1.29 is 14.3 Å². The van der Waals surface area contributed by atoms with Crippen molar-refractivity contribution in [1.82, 2.24) is 0 Å². The van der Waals surface area contributed by atoms with Crippen LogP contribution in [-0.4, -0.2) is 11.1 Å². The van der Waals surface area contributed by atoms with Crippen molar-refractivity contribution in [1.29, 1.82) is 0 Å². The van der Waals surface area contributed by atoms with Gasteiger partial charge in [0.25, 0.3) is 0 Å². The van der Waals surface area contributed by atoms with Gasteiger partial charge >= 0.3 is 5.97 Å². The van der Waals surface area contributed by atoms with E-state index in [0.717, 1.165) is 22.5 Å². The van der Waals surface area contributed by atoms with E-state index in [0.29, 0.717) is 16.2 Å². The van der Waals surface area contributed by atoms with Crippen molar-refractivity contribution in [3.63, 3.8) is 0 Å². The Bertz CT molecular complexity index is 704. The van der Waals surface area contributed by atoms with E-state index in [2.05, 4.69) is 6.58 Å². The van der Waals surface area contributed by atoms with Crippen LogP contribution in [0.2, 0.25) is 0 Å². The number of fused-ring (bicyclic) bond motifs is 1. The van der Waals surface area contributed by atoms with Crippen LogP contribution in [0.25, 0.3) is 10.8 Å². The minimum Gasteiger partial charge on any atom is -0.421 e. The Labute approximate surface area is 121 Å². The number of carbonyl (C=O) groups excluding carboxylic acids is 2. The van der Waals surface area contributed by atoms with Crippen molar-refractivity contribution in [3.8, 4) is 5.75 Å². The summed E-state index contributed by atoms with van der Waals surface area (Å²) in [6, 6.07) is 11.2. The molecule has 0 N–H and O–H groups in total. The Balaban J connectivity index is 2.58. The van der Waals surface area contributed by atoms with E-state index in [-0.39, 0.29) is 5.12 Å². The number of ether oxygens (including phenoxy) is 1. The second kappa shape index (κ2) is 5.92. The Kier molecular flexibility index (Phi) is 4.25. The quantitative estimate of drug-likeness (QED) is 0.371. The van der Waals surface area contributed by atoms with Gasteiger partial charge in [0.05, 0.1) is 4.90 Å². The number of esters is 1. The molecule has 2 aromatic rings. The van der Waals surface area contributed by atoms with E-state index in [1.807, 2.05) is 30.3 Å². The minimum atomic E-state index is -0.494. The van der Waals surface area contributed by atoms with Gasteiger partial charge in [-0.2, -0.15) is 0 Å². The summed E-state index contributed by atoms with van der Waals surface area (Å²) >= 11 is 1.05. The molecule has 2 aromatic carbocycles. The number of hydrogen-bond donors (Lipinski definition) is 0. The monoisotopic (exact) mass is 286 g/mol. The molecular weight excluding hydrogens is 272 g/mol. The van der Waals surface area contributed by atoms with E-state index in [9.17, 15) is 9.59 Å². The maximum Gasteiger partial charge on any atom is 0.338 e. The molecule has 0 radical (unpaired) electrons. The fourth-order valence-corrected chi connectivity index (χ4v) is 2.43. The number of rotatable bonds is 3. The van der Waals surface area contributed by atoms with E-state index in [4.69, 9.17) is 4.74 Å². The maximum atomic E-state index is 11.8. The zero-order valence-electron chi connectivity index (χ0n) is 11.3. The van der Waals surface area contributed by atoms with Crippen LogP contribution in [0.15, 0.2) is 53.4 Å². The molecule has 0 saturated carbocycles. The van der Waals surface area contributed by atoms with Crippen molar-refractivity contribution in [2.24, 2.45) is 0 Å². The van der Waals surface area contributed by atoms with Gasteiger partial charge in [-0.3, -0.25) is 4.79 Å². The van der Waals surface area contributed by atoms with E-state index in [1.165, 1.54) is 6.92 Å². The van der Waals surface area contributed by atoms with Crippen LogP contribution in [0.5, 0.6) is 5.75 Å². The fraction of sp³-hybridized carbons (Fsp3) is 0.125. The van der Waals surface area contributed by atoms with Crippen molar-refractivity contribution in [3.05, 3.63) is 48.6 Å². The van der Waals surface area contributed by atoms with E-state index < -0.39 is 5.97 Å².